The quantitative estimate of drug-likeness (QED) is 0.152. The van der Waals surface area contributed by atoms with Crippen molar-refractivity contribution in [3.63, 3.8) is 0 Å². The Morgan fingerprint density at radius 1 is 0.204 bits per heavy atom. The molecule has 0 radical (unpaired) electrons. The van der Waals surface area contributed by atoms with Gasteiger partial charge in [0.05, 0.1) is 11.0 Å². The van der Waals surface area contributed by atoms with Crippen molar-refractivity contribution in [1.82, 2.24) is 29.1 Å². The van der Waals surface area contributed by atoms with Crippen LogP contribution in [0.15, 0.2) is 243 Å². The van der Waals surface area contributed by atoms with Crippen molar-refractivity contribution in [2.75, 3.05) is 0 Å². The Kier molecular flexibility index (Phi) is 46.7. The van der Waals surface area contributed by atoms with Crippen LogP contribution in [0.5, 0.6) is 0 Å². The minimum Gasteiger partial charge on any atom is -0.344 e. The molecule has 0 aliphatic carbocycles. The molecular formula is C102H136N6. The zero-order valence-electron chi connectivity index (χ0n) is 72.8. The van der Waals surface area contributed by atoms with Gasteiger partial charge in [-0.3, -0.25) is 9.97 Å². The average molecular weight is 1450 g/mol. The van der Waals surface area contributed by atoms with Crippen LogP contribution in [-0.4, -0.2) is 29.1 Å². The number of hydrogen-bond donors (Lipinski definition) is 0. The third-order valence-electron chi connectivity index (χ3n) is 16.6. The lowest BCUT2D eigenvalue weighted by atomic mass is 10.0. The summed E-state index contributed by atoms with van der Waals surface area (Å²) in [5, 5.41) is 15.7. The summed E-state index contributed by atoms with van der Waals surface area (Å²) in [7, 11) is 4.25. The number of fused-ring (bicyclic) bond motifs is 11. The Morgan fingerprint density at radius 3 is 1.12 bits per heavy atom. The average Bonchev–Trinajstić information content (AvgIpc) is 1.62. The highest BCUT2D eigenvalue weighted by Crippen LogP contribution is 2.30. The van der Waals surface area contributed by atoms with Gasteiger partial charge < -0.3 is 9.13 Å². The predicted octanol–water partition coefficient (Wildman–Crippen LogP) is 31.4. The monoisotopic (exact) mass is 1450 g/mol. The van der Waals surface area contributed by atoms with Gasteiger partial charge in [-0.1, -0.05) is 335 Å². The van der Waals surface area contributed by atoms with Crippen LogP contribution in [0.1, 0.15) is 192 Å². The molecule has 6 nitrogen and oxygen atoms in total. The van der Waals surface area contributed by atoms with Crippen LogP contribution in [0.2, 0.25) is 0 Å². The second-order valence-electron chi connectivity index (χ2n) is 23.9. The molecule has 0 amide bonds. The van der Waals surface area contributed by atoms with E-state index in [1.807, 2.05) is 195 Å². The van der Waals surface area contributed by atoms with Gasteiger partial charge in [-0.25, -0.2) is 9.97 Å². The Balaban J connectivity index is 0.000000609. The van der Waals surface area contributed by atoms with E-state index in [0.717, 1.165) is 45.0 Å². The molecule has 16 rings (SSSR count). The number of benzene rings is 11. The summed E-state index contributed by atoms with van der Waals surface area (Å²) >= 11 is 0. The van der Waals surface area contributed by atoms with Gasteiger partial charge in [-0.2, -0.15) is 0 Å². The van der Waals surface area contributed by atoms with Gasteiger partial charge in [0.15, 0.2) is 0 Å². The Labute approximate surface area is 654 Å². The number of pyridine rings is 2. The highest BCUT2D eigenvalue weighted by molar-refractivity contribution is 6.09. The Hall–Kier alpha value is -10.3. The third kappa shape index (κ3) is 27.8. The summed E-state index contributed by atoms with van der Waals surface area (Å²) in [6.45, 7) is 61.0. The predicted molar refractivity (Wildman–Crippen MR) is 491 cm³/mol. The zero-order chi connectivity index (χ0) is 81.6. The molecule has 108 heavy (non-hydrogen) atoms. The first-order chi connectivity index (χ1) is 52.4. The lowest BCUT2D eigenvalue weighted by Crippen LogP contribution is -1.92. The van der Waals surface area contributed by atoms with Crippen molar-refractivity contribution >= 4 is 97.7 Å². The van der Waals surface area contributed by atoms with Crippen LogP contribution in [0.3, 0.4) is 0 Å². The van der Waals surface area contributed by atoms with Crippen LogP contribution >= 0.6 is 0 Å². The van der Waals surface area contributed by atoms with Crippen LogP contribution in [0.4, 0.5) is 0 Å². The molecule has 16 aromatic rings. The van der Waals surface area contributed by atoms with Crippen molar-refractivity contribution in [3.8, 4) is 0 Å². The number of nitrogens with zero attached hydrogens (tertiary/aromatic N) is 6. The maximum atomic E-state index is 4.44. The molecule has 0 saturated carbocycles. The molecule has 0 spiro atoms. The molecular weight excluding hydrogens is 1310 g/mol. The van der Waals surface area contributed by atoms with Crippen LogP contribution < -0.4 is 0 Å². The number of aryl methyl sites for hydroxylation is 14. The van der Waals surface area contributed by atoms with Crippen molar-refractivity contribution < 1.29 is 0 Å². The molecule has 0 fully saturated rings. The maximum absolute atomic E-state index is 4.44. The first kappa shape index (κ1) is 95.7. The summed E-state index contributed by atoms with van der Waals surface area (Å²) in [5.74, 6) is 0.839. The first-order valence-electron chi connectivity index (χ1n) is 40.1. The fourth-order valence-electron chi connectivity index (χ4n) is 12.0. The molecule has 574 valence electrons. The number of rotatable bonds is 0. The fraction of sp³-hybridized carbons (Fsp3) is 0.314. The van der Waals surface area contributed by atoms with Crippen LogP contribution in [0, 0.1) is 83.1 Å². The van der Waals surface area contributed by atoms with Gasteiger partial charge in [-0.05, 0) is 181 Å². The summed E-state index contributed by atoms with van der Waals surface area (Å²) in [6.07, 6.45) is 0. The zero-order valence-corrected chi connectivity index (χ0v) is 72.8. The Bertz CT molecular complexity index is 4920. The van der Waals surface area contributed by atoms with Gasteiger partial charge in [0.1, 0.15) is 5.82 Å². The van der Waals surface area contributed by atoms with E-state index in [9.17, 15) is 0 Å². The fourth-order valence-corrected chi connectivity index (χ4v) is 12.0. The molecule has 0 aliphatic heterocycles. The number of aromatic nitrogens is 6. The van der Waals surface area contributed by atoms with E-state index >= 15 is 0 Å². The Morgan fingerprint density at radius 2 is 0.565 bits per heavy atom. The van der Waals surface area contributed by atoms with Gasteiger partial charge >= 0.3 is 0 Å². The van der Waals surface area contributed by atoms with Crippen molar-refractivity contribution in [3.05, 3.63) is 310 Å². The molecule has 6 heteroatoms. The highest BCUT2D eigenvalue weighted by atomic mass is 14.9. The van der Waals surface area contributed by atoms with E-state index in [1.165, 1.54) is 120 Å². The van der Waals surface area contributed by atoms with Crippen molar-refractivity contribution in [2.45, 2.75) is 208 Å². The molecule has 11 aromatic carbocycles. The van der Waals surface area contributed by atoms with Gasteiger partial charge in [0.25, 0.3) is 0 Å². The highest BCUT2D eigenvalue weighted by Gasteiger charge is 2.09. The molecule has 0 bridgehead atoms. The largest absolute Gasteiger partial charge is 0.344 e. The van der Waals surface area contributed by atoms with Crippen LogP contribution in [0.25, 0.3) is 97.7 Å². The van der Waals surface area contributed by atoms with E-state index in [2.05, 4.69) is 299 Å². The van der Waals surface area contributed by atoms with E-state index in [1.54, 1.807) is 0 Å². The summed E-state index contributed by atoms with van der Waals surface area (Å²) in [4.78, 5) is 17.5. The lowest BCUT2D eigenvalue weighted by Gasteiger charge is -2.01. The van der Waals surface area contributed by atoms with Gasteiger partial charge in [-0.15, -0.1) is 0 Å². The summed E-state index contributed by atoms with van der Waals surface area (Å²) in [5.41, 5.74) is 21.0. The third-order valence-corrected chi connectivity index (χ3v) is 16.6. The first-order valence-corrected chi connectivity index (χ1v) is 40.1. The number of hydrogen-bond acceptors (Lipinski definition) is 4. The smallest absolute Gasteiger partial charge is 0.126 e. The molecule has 0 atom stereocenters. The van der Waals surface area contributed by atoms with Crippen molar-refractivity contribution in [1.29, 1.82) is 0 Å². The topological polar surface area (TPSA) is 61.4 Å². The summed E-state index contributed by atoms with van der Waals surface area (Å²) in [6, 6.07) is 85.3. The second kappa shape index (κ2) is 52.6. The van der Waals surface area contributed by atoms with Crippen LogP contribution in [-0.2, 0) is 14.1 Å². The minimum absolute atomic E-state index is 0.839. The normalized spacial score (nSPS) is 9.48. The SMILES string of the molecule is CC.CC.CC.CC.CC.CC.CC.CC.CC.Cc1cc(C)c2ccccc2n1.Cc1cc2ccccc2c(C)n1.Cc1ccc2c(C)cccc2c1.Cc1ccc2c(c1)c1ccccc1n2C.Cc1ccc2c3ccccc3n(C)c2c1.Cc1ccc2ccc(C)cc2c1.Cc1nc(C)c2ccccc2n1. The number of para-hydroxylation sites is 4. The van der Waals surface area contributed by atoms with Gasteiger partial charge in [0.2, 0.25) is 0 Å². The molecule has 0 aliphatic rings. The lowest BCUT2D eigenvalue weighted by molar-refractivity contribution is 1.01. The van der Waals surface area contributed by atoms with E-state index in [0.29, 0.717) is 0 Å². The van der Waals surface area contributed by atoms with E-state index in [-0.39, 0.29) is 0 Å². The second-order valence-corrected chi connectivity index (χ2v) is 23.9. The maximum Gasteiger partial charge on any atom is 0.126 e. The van der Waals surface area contributed by atoms with E-state index < -0.39 is 0 Å². The molecule has 0 saturated heterocycles. The van der Waals surface area contributed by atoms with E-state index in [4.69, 9.17) is 0 Å². The minimum atomic E-state index is 0.839. The summed E-state index contributed by atoms with van der Waals surface area (Å²) < 4.78 is 4.52. The molecule has 5 heterocycles. The molecule has 0 N–H and O–H groups in total. The standard InChI is InChI=1S/2C14H13N.2C12H12.2C11H11N.C10H10N2.9C2H6/c1-10-7-8-14-12(9-10)11-5-3-4-6-13(11)15(14)2;1-10-7-8-12-11-5-3-4-6-13(11)15(2)14(12)9-10;1-9-3-5-11-6-4-10(2)8-12(11)7-9;1-9-6-7-12-10(2)4-3-5-11(12)8-9;1-8-7-10-5-3-4-6-11(10)9(2)12-8;1-8-7-9(2)12-11-6-4-3-5-10(8)11;1-7-9-5-3-4-6-10(9)12-8(2)11-7;9*1-2/h2*3-9H,1-2H3;2*3-8H,1-2H3;2*3-7H,1-2H3;3-6H,1-2H3;9*1-2H3. The van der Waals surface area contributed by atoms with Crippen molar-refractivity contribution in [2.24, 2.45) is 14.1 Å². The molecule has 5 aromatic heterocycles. The molecule has 0 unspecified atom stereocenters. The van der Waals surface area contributed by atoms with Gasteiger partial charge in [0, 0.05) is 96.6 Å².